The summed E-state index contributed by atoms with van der Waals surface area (Å²) >= 11 is 0. The summed E-state index contributed by atoms with van der Waals surface area (Å²) in [6.45, 7) is 6.72. The van der Waals surface area contributed by atoms with Gasteiger partial charge in [-0.05, 0) is 19.9 Å². The standard InChI is InChI=1S/C9H17NO2/c1-7(11)9(12)4-5-10-6-8(9,2)3/h10,12H,4-6H2,1-3H3. The molecule has 0 saturated carbocycles. The molecule has 0 aliphatic carbocycles. The molecule has 1 saturated heterocycles. The molecule has 0 bridgehead atoms. The van der Waals surface area contributed by atoms with E-state index in [1.807, 2.05) is 13.8 Å². The van der Waals surface area contributed by atoms with Gasteiger partial charge in [0.2, 0.25) is 0 Å². The summed E-state index contributed by atoms with van der Waals surface area (Å²) in [6.07, 6.45) is 0.523. The molecule has 70 valence electrons. The first-order valence-electron chi connectivity index (χ1n) is 4.34. The lowest BCUT2D eigenvalue weighted by Gasteiger charge is -2.44. The minimum atomic E-state index is -1.13. The largest absolute Gasteiger partial charge is 0.381 e. The Morgan fingerprint density at radius 2 is 2.08 bits per heavy atom. The average molecular weight is 171 g/mol. The molecule has 1 rings (SSSR count). The van der Waals surface area contributed by atoms with E-state index in [1.54, 1.807) is 0 Å². The molecular formula is C9H17NO2. The van der Waals surface area contributed by atoms with Crippen molar-refractivity contribution in [1.29, 1.82) is 0 Å². The first-order chi connectivity index (χ1) is 5.40. The summed E-state index contributed by atoms with van der Waals surface area (Å²) < 4.78 is 0. The van der Waals surface area contributed by atoms with Gasteiger partial charge in [-0.1, -0.05) is 13.8 Å². The third-order valence-electron chi connectivity index (χ3n) is 2.93. The summed E-state index contributed by atoms with van der Waals surface area (Å²) in [5.74, 6) is -0.117. The minimum Gasteiger partial charge on any atom is -0.381 e. The Balaban J connectivity index is 2.91. The van der Waals surface area contributed by atoms with Gasteiger partial charge in [0.15, 0.2) is 5.78 Å². The fourth-order valence-electron chi connectivity index (χ4n) is 1.81. The Bertz CT molecular complexity index is 201. The molecule has 3 heteroatoms. The van der Waals surface area contributed by atoms with E-state index in [0.29, 0.717) is 13.0 Å². The van der Waals surface area contributed by atoms with E-state index >= 15 is 0 Å². The molecule has 2 N–H and O–H groups in total. The average Bonchev–Trinajstić information content (AvgIpc) is 1.95. The van der Waals surface area contributed by atoms with Crippen LogP contribution in [0.2, 0.25) is 0 Å². The van der Waals surface area contributed by atoms with Crippen LogP contribution in [0, 0.1) is 5.41 Å². The Labute approximate surface area is 73.2 Å². The van der Waals surface area contributed by atoms with Gasteiger partial charge in [0.1, 0.15) is 5.60 Å². The first-order valence-corrected chi connectivity index (χ1v) is 4.34. The number of piperidine rings is 1. The number of carbonyl (C=O) groups excluding carboxylic acids is 1. The number of carbonyl (C=O) groups is 1. The maximum absolute atomic E-state index is 11.3. The molecule has 0 aromatic rings. The van der Waals surface area contributed by atoms with Crippen LogP contribution >= 0.6 is 0 Å². The van der Waals surface area contributed by atoms with Crippen LogP contribution in [0.1, 0.15) is 27.2 Å². The zero-order valence-electron chi connectivity index (χ0n) is 7.98. The zero-order valence-corrected chi connectivity index (χ0v) is 7.98. The van der Waals surface area contributed by atoms with Crippen molar-refractivity contribution in [3.8, 4) is 0 Å². The van der Waals surface area contributed by atoms with Gasteiger partial charge in [-0.3, -0.25) is 4.79 Å². The maximum atomic E-state index is 11.3. The van der Waals surface area contributed by atoms with Gasteiger partial charge in [-0.2, -0.15) is 0 Å². The Morgan fingerprint density at radius 1 is 1.50 bits per heavy atom. The van der Waals surface area contributed by atoms with E-state index < -0.39 is 5.60 Å². The number of aliphatic hydroxyl groups is 1. The van der Waals surface area contributed by atoms with Crippen molar-refractivity contribution >= 4 is 5.78 Å². The van der Waals surface area contributed by atoms with Crippen molar-refractivity contribution in [3.05, 3.63) is 0 Å². The van der Waals surface area contributed by atoms with Crippen LogP contribution in [-0.2, 0) is 4.79 Å². The molecule has 1 aliphatic heterocycles. The normalized spacial score (nSPS) is 34.7. The summed E-state index contributed by atoms with van der Waals surface area (Å²) in [5.41, 5.74) is -1.48. The van der Waals surface area contributed by atoms with Crippen LogP contribution in [-0.4, -0.2) is 29.6 Å². The molecule has 0 aromatic carbocycles. The quantitative estimate of drug-likeness (QED) is 0.597. The van der Waals surface area contributed by atoms with E-state index in [9.17, 15) is 9.90 Å². The topological polar surface area (TPSA) is 49.3 Å². The summed E-state index contributed by atoms with van der Waals surface area (Å²) in [5, 5.41) is 13.3. The summed E-state index contributed by atoms with van der Waals surface area (Å²) in [4.78, 5) is 11.3. The van der Waals surface area contributed by atoms with Crippen molar-refractivity contribution in [3.63, 3.8) is 0 Å². The smallest absolute Gasteiger partial charge is 0.161 e. The lowest BCUT2D eigenvalue weighted by Crippen LogP contribution is -2.59. The zero-order chi connectivity index (χ0) is 9.41. The van der Waals surface area contributed by atoms with Gasteiger partial charge in [0.25, 0.3) is 0 Å². The van der Waals surface area contributed by atoms with Gasteiger partial charge >= 0.3 is 0 Å². The highest BCUT2D eigenvalue weighted by atomic mass is 16.3. The second-order valence-electron chi connectivity index (χ2n) is 4.23. The predicted octanol–water partition coefficient (Wildman–Crippen LogP) is 0.326. The van der Waals surface area contributed by atoms with E-state index in [-0.39, 0.29) is 11.2 Å². The Morgan fingerprint density at radius 3 is 2.42 bits per heavy atom. The molecule has 0 amide bonds. The third kappa shape index (κ3) is 1.27. The van der Waals surface area contributed by atoms with E-state index in [0.717, 1.165) is 6.54 Å². The fraction of sp³-hybridized carbons (Fsp3) is 0.889. The summed E-state index contributed by atoms with van der Waals surface area (Å²) in [6, 6.07) is 0. The van der Waals surface area contributed by atoms with Crippen molar-refractivity contribution in [2.45, 2.75) is 32.8 Å². The maximum Gasteiger partial charge on any atom is 0.161 e. The molecule has 3 nitrogen and oxygen atoms in total. The number of nitrogens with one attached hydrogen (secondary N) is 1. The summed E-state index contributed by atoms with van der Waals surface area (Å²) in [7, 11) is 0. The molecule has 0 spiro atoms. The molecule has 1 unspecified atom stereocenters. The first kappa shape index (κ1) is 9.68. The van der Waals surface area contributed by atoms with Crippen LogP contribution in [0.4, 0.5) is 0 Å². The monoisotopic (exact) mass is 171 g/mol. The number of ketones is 1. The Kier molecular flexibility index (Phi) is 2.27. The second kappa shape index (κ2) is 2.82. The molecule has 0 radical (unpaired) electrons. The van der Waals surface area contributed by atoms with Crippen LogP contribution < -0.4 is 5.32 Å². The van der Waals surface area contributed by atoms with Crippen molar-refractivity contribution in [2.24, 2.45) is 5.41 Å². The third-order valence-corrected chi connectivity index (χ3v) is 2.93. The highest BCUT2D eigenvalue weighted by Gasteiger charge is 2.48. The van der Waals surface area contributed by atoms with Crippen LogP contribution in [0.3, 0.4) is 0 Å². The van der Waals surface area contributed by atoms with Crippen molar-refractivity contribution < 1.29 is 9.90 Å². The van der Waals surface area contributed by atoms with Crippen LogP contribution in [0.25, 0.3) is 0 Å². The SMILES string of the molecule is CC(=O)C1(O)CCNCC1(C)C. The fourth-order valence-corrected chi connectivity index (χ4v) is 1.81. The number of rotatable bonds is 1. The van der Waals surface area contributed by atoms with Gasteiger partial charge in [0, 0.05) is 12.0 Å². The molecule has 1 fully saturated rings. The highest BCUT2D eigenvalue weighted by Crippen LogP contribution is 2.36. The molecule has 1 atom stereocenters. The minimum absolute atomic E-state index is 0.117. The lowest BCUT2D eigenvalue weighted by atomic mass is 9.69. The van der Waals surface area contributed by atoms with Crippen LogP contribution in [0.5, 0.6) is 0 Å². The van der Waals surface area contributed by atoms with Crippen LogP contribution in [0.15, 0.2) is 0 Å². The number of Topliss-reactive ketones (excluding diaryl/α,β-unsaturated/α-hetero) is 1. The van der Waals surface area contributed by atoms with E-state index in [1.165, 1.54) is 6.92 Å². The van der Waals surface area contributed by atoms with Gasteiger partial charge in [-0.25, -0.2) is 0 Å². The molecular weight excluding hydrogens is 154 g/mol. The number of hydrogen-bond donors (Lipinski definition) is 2. The van der Waals surface area contributed by atoms with Crippen molar-refractivity contribution in [2.75, 3.05) is 13.1 Å². The molecule has 1 aliphatic rings. The Hall–Kier alpha value is -0.410. The lowest BCUT2D eigenvalue weighted by molar-refractivity contribution is -0.153. The predicted molar refractivity (Wildman–Crippen MR) is 46.9 cm³/mol. The van der Waals surface area contributed by atoms with Crippen molar-refractivity contribution in [1.82, 2.24) is 5.32 Å². The van der Waals surface area contributed by atoms with E-state index in [4.69, 9.17) is 0 Å². The molecule has 1 heterocycles. The van der Waals surface area contributed by atoms with Gasteiger partial charge in [0.05, 0.1) is 0 Å². The van der Waals surface area contributed by atoms with E-state index in [2.05, 4.69) is 5.32 Å². The molecule has 0 aromatic heterocycles. The second-order valence-corrected chi connectivity index (χ2v) is 4.23. The number of hydrogen-bond acceptors (Lipinski definition) is 3. The van der Waals surface area contributed by atoms with Gasteiger partial charge < -0.3 is 10.4 Å². The highest BCUT2D eigenvalue weighted by molar-refractivity contribution is 5.85. The molecule has 12 heavy (non-hydrogen) atoms. The van der Waals surface area contributed by atoms with Gasteiger partial charge in [-0.15, -0.1) is 0 Å².